The van der Waals surface area contributed by atoms with Crippen molar-refractivity contribution in [1.82, 2.24) is 15.2 Å². The third-order valence-electron chi connectivity index (χ3n) is 6.56. The molecule has 33 heavy (non-hydrogen) atoms. The summed E-state index contributed by atoms with van der Waals surface area (Å²) in [4.78, 5) is 6.84. The Morgan fingerprint density at radius 2 is 2.12 bits per heavy atom. The van der Waals surface area contributed by atoms with Crippen LogP contribution < -0.4 is 19.5 Å². The van der Waals surface area contributed by atoms with Crippen LogP contribution in [0, 0.1) is 5.92 Å². The van der Waals surface area contributed by atoms with Gasteiger partial charge >= 0.3 is 0 Å². The predicted octanol–water partition coefficient (Wildman–Crippen LogP) is 3.51. The fourth-order valence-corrected chi connectivity index (χ4v) is 4.85. The molecule has 0 spiro atoms. The molecule has 2 aliphatic rings. The van der Waals surface area contributed by atoms with Gasteiger partial charge in [-0.1, -0.05) is 18.2 Å². The number of hydrogen-bond acceptors (Lipinski definition) is 7. The number of fused-ring (bicyclic) bond motifs is 2. The molecule has 5 rings (SSSR count). The zero-order chi connectivity index (χ0) is 22.6. The summed E-state index contributed by atoms with van der Waals surface area (Å²) in [7, 11) is 1.64. The quantitative estimate of drug-likeness (QED) is 0.545. The highest BCUT2D eigenvalue weighted by molar-refractivity contribution is 5.83. The van der Waals surface area contributed by atoms with E-state index in [9.17, 15) is 5.11 Å². The number of methoxy groups -OCH3 is 1. The fraction of sp³-hybridized carbons (Fsp3) is 0.423. The van der Waals surface area contributed by atoms with E-state index in [1.54, 1.807) is 13.3 Å². The van der Waals surface area contributed by atoms with E-state index in [-0.39, 0.29) is 0 Å². The van der Waals surface area contributed by atoms with Crippen LogP contribution in [0.4, 0.5) is 0 Å². The van der Waals surface area contributed by atoms with Crippen LogP contribution in [0.25, 0.3) is 10.9 Å². The maximum atomic E-state index is 11.1. The number of piperidine rings is 1. The molecule has 3 aromatic rings. The molecule has 2 unspecified atom stereocenters. The first kappa shape index (κ1) is 21.9. The Bertz CT molecular complexity index is 1110. The van der Waals surface area contributed by atoms with E-state index in [1.165, 1.54) is 12.0 Å². The minimum absolute atomic E-state index is 0.304. The van der Waals surface area contributed by atoms with Gasteiger partial charge in [0.05, 0.1) is 24.9 Å². The molecule has 2 aliphatic heterocycles. The maximum absolute atomic E-state index is 11.1. The van der Waals surface area contributed by atoms with Crippen molar-refractivity contribution in [2.45, 2.75) is 25.5 Å². The van der Waals surface area contributed by atoms with Crippen LogP contribution in [0.3, 0.4) is 0 Å². The van der Waals surface area contributed by atoms with Crippen LogP contribution in [0.1, 0.15) is 30.1 Å². The molecule has 2 N–H and O–H groups in total. The number of ether oxygens (including phenoxy) is 3. The molecule has 0 saturated carbocycles. The number of aliphatic hydroxyl groups excluding tert-OH is 1. The summed E-state index contributed by atoms with van der Waals surface area (Å²) < 4.78 is 16.2. The van der Waals surface area contributed by atoms with Crippen LogP contribution in [-0.2, 0) is 6.54 Å². The number of aromatic nitrogens is 1. The van der Waals surface area contributed by atoms with Crippen molar-refractivity contribution < 1.29 is 19.3 Å². The second kappa shape index (κ2) is 9.95. The molecule has 0 bridgehead atoms. The molecule has 1 saturated heterocycles. The van der Waals surface area contributed by atoms with Crippen molar-refractivity contribution in [3.05, 3.63) is 59.8 Å². The number of nitrogens with zero attached hydrogens (tertiary/aromatic N) is 2. The van der Waals surface area contributed by atoms with Crippen molar-refractivity contribution in [2.75, 3.05) is 40.1 Å². The Balaban J connectivity index is 1.16. The third kappa shape index (κ3) is 5.05. The van der Waals surface area contributed by atoms with E-state index >= 15 is 0 Å². The number of rotatable bonds is 8. The van der Waals surface area contributed by atoms with E-state index in [0.717, 1.165) is 60.6 Å². The summed E-state index contributed by atoms with van der Waals surface area (Å²) in [5.41, 5.74) is 2.97. The molecule has 3 heterocycles. The van der Waals surface area contributed by atoms with Crippen molar-refractivity contribution in [3.63, 3.8) is 0 Å². The average Bonchev–Trinajstić information content (AvgIpc) is 3.31. The number of hydrogen-bond donors (Lipinski definition) is 2. The van der Waals surface area contributed by atoms with Crippen LogP contribution >= 0.6 is 0 Å². The highest BCUT2D eigenvalue weighted by Crippen LogP contribution is 2.32. The number of pyridine rings is 1. The monoisotopic (exact) mass is 449 g/mol. The van der Waals surface area contributed by atoms with Gasteiger partial charge in [0.1, 0.15) is 5.75 Å². The SMILES string of the molecule is COc1cnc2cccc(C(O)CN3CCCC(CNCc4ccc5c(c4)OCO5)C3)c2c1. The molecule has 174 valence electrons. The Morgan fingerprint density at radius 1 is 1.21 bits per heavy atom. The van der Waals surface area contributed by atoms with Gasteiger partial charge in [-0.05, 0) is 67.2 Å². The number of benzene rings is 2. The second-order valence-electron chi connectivity index (χ2n) is 8.89. The minimum Gasteiger partial charge on any atom is -0.495 e. The highest BCUT2D eigenvalue weighted by Gasteiger charge is 2.23. The van der Waals surface area contributed by atoms with Crippen molar-refractivity contribution in [1.29, 1.82) is 0 Å². The number of likely N-dealkylation sites (tertiary alicyclic amines) is 1. The zero-order valence-electron chi connectivity index (χ0n) is 19.0. The maximum Gasteiger partial charge on any atom is 0.231 e. The highest BCUT2D eigenvalue weighted by atomic mass is 16.7. The molecule has 2 aromatic carbocycles. The lowest BCUT2D eigenvalue weighted by molar-refractivity contribution is 0.0849. The van der Waals surface area contributed by atoms with Crippen LogP contribution in [0.5, 0.6) is 17.2 Å². The molecule has 7 heteroatoms. The predicted molar refractivity (Wildman–Crippen MR) is 127 cm³/mol. The van der Waals surface area contributed by atoms with Gasteiger partial charge in [-0.2, -0.15) is 0 Å². The normalized spacial score (nSPS) is 19.0. The smallest absolute Gasteiger partial charge is 0.231 e. The molecule has 0 amide bonds. The lowest BCUT2D eigenvalue weighted by Gasteiger charge is -2.34. The van der Waals surface area contributed by atoms with Gasteiger partial charge in [-0.3, -0.25) is 4.98 Å². The Labute approximate surface area is 194 Å². The Kier molecular flexibility index (Phi) is 6.62. The molecule has 7 nitrogen and oxygen atoms in total. The molecule has 1 aromatic heterocycles. The first-order valence-electron chi connectivity index (χ1n) is 11.6. The summed E-state index contributed by atoms with van der Waals surface area (Å²) in [6.07, 6.45) is 3.50. The van der Waals surface area contributed by atoms with Crippen LogP contribution in [-0.4, -0.2) is 55.1 Å². The van der Waals surface area contributed by atoms with Crippen molar-refractivity contribution in [2.24, 2.45) is 5.92 Å². The van der Waals surface area contributed by atoms with E-state index in [4.69, 9.17) is 14.2 Å². The van der Waals surface area contributed by atoms with Crippen molar-refractivity contribution >= 4 is 10.9 Å². The van der Waals surface area contributed by atoms with E-state index in [0.29, 0.717) is 25.0 Å². The lowest BCUT2D eigenvalue weighted by atomic mass is 9.96. The Hall–Kier alpha value is -2.87. The van der Waals surface area contributed by atoms with E-state index in [2.05, 4.69) is 21.3 Å². The topological polar surface area (TPSA) is 76.1 Å². The third-order valence-corrected chi connectivity index (χ3v) is 6.56. The number of β-amino-alcohol motifs (C(OH)–C–C–N with tert-alkyl or cyclic N) is 1. The minimum atomic E-state index is -0.567. The summed E-state index contributed by atoms with van der Waals surface area (Å²) in [6.45, 7) is 4.68. The zero-order valence-corrected chi connectivity index (χ0v) is 19.0. The largest absolute Gasteiger partial charge is 0.495 e. The number of aliphatic hydroxyl groups is 1. The summed E-state index contributed by atoms with van der Waals surface area (Å²) >= 11 is 0. The van der Waals surface area contributed by atoms with Gasteiger partial charge in [0, 0.05) is 25.0 Å². The van der Waals surface area contributed by atoms with Gasteiger partial charge in [0.15, 0.2) is 11.5 Å². The molecular weight excluding hydrogens is 418 g/mol. The first-order valence-corrected chi connectivity index (χ1v) is 11.6. The summed E-state index contributed by atoms with van der Waals surface area (Å²) in [5, 5.41) is 15.6. The van der Waals surface area contributed by atoms with Crippen molar-refractivity contribution in [3.8, 4) is 17.2 Å². The molecule has 2 atom stereocenters. The molecule has 1 fully saturated rings. The van der Waals surface area contributed by atoms with Gasteiger partial charge < -0.3 is 29.5 Å². The number of nitrogens with one attached hydrogen (secondary N) is 1. The second-order valence-corrected chi connectivity index (χ2v) is 8.89. The lowest BCUT2D eigenvalue weighted by Crippen LogP contribution is -2.41. The van der Waals surface area contributed by atoms with Gasteiger partial charge in [0.2, 0.25) is 6.79 Å². The molecular formula is C26H31N3O4. The van der Waals surface area contributed by atoms with Crippen LogP contribution in [0.15, 0.2) is 48.7 Å². The molecule has 0 radical (unpaired) electrons. The standard InChI is InChI=1S/C26H31N3O4/c1-31-20-11-22-21(5-2-6-23(22)28-14-20)24(30)16-29-9-3-4-19(15-29)13-27-12-18-7-8-25-26(10-18)33-17-32-25/h2,5-8,10-11,14,19,24,27,30H,3-4,9,12-13,15-17H2,1H3. The van der Waals surface area contributed by atoms with E-state index < -0.39 is 6.10 Å². The van der Waals surface area contributed by atoms with Gasteiger partial charge in [-0.15, -0.1) is 0 Å². The average molecular weight is 450 g/mol. The summed E-state index contributed by atoms with van der Waals surface area (Å²) in [5.74, 6) is 2.91. The summed E-state index contributed by atoms with van der Waals surface area (Å²) in [6, 6.07) is 14.0. The molecule has 0 aliphatic carbocycles. The fourth-order valence-electron chi connectivity index (χ4n) is 4.85. The van der Waals surface area contributed by atoms with E-state index in [1.807, 2.05) is 36.4 Å². The van der Waals surface area contributed by atoms with Crippen LogP contribution in [0.2, 0.25) is 0 Å². The van der Waals surface area contributed by atoms with Gasteiger partial charge in [-0.25, -0.2) is 0 Å². The first-order chi connectivity index (χ1) is 16.2. The van der Waals surface area contributed by atoms with Gasteiger partial charge in [0.25, 0.3) is 0 Å². The Morgan fingerprint density at radius 3 is 3.03 bits per heavy atom.